The number of hydrogen-bond acceptors (Lipinski definition) is 19. The zero-order chi connectivity index (χ0) is 101. The SMILES string of the molecule is C1CCC(C2CCCCC3OC32)C2OC2C1.CC(C)C1CCC2(C)OC2C1C1CCC2SC21C.CC12CC3C(CCC4CC5OC5C43)CC1O2.CC12CCC(C3CCCCC4(C)OC34)CC(=O)C1O2.CC12CCCC(C3CCC4OC43)C1O2.CC12CCCCC(C3CCCC4OC4C3)C1O2.CC12CCCCC(C3CCCCC4OC43C)C1O2.CC12SC1CCC2C1CC2(C)OC2(C)C1.CCC12SC1CCCC2C1CC2OC2C1. The first-order chi connectivity index (χ1) is 71.1. The van der Waals surface area contributed by atoms with Crippen LogP contribution in [-0.4, -0.2) is 214 Å². The average molecular weight is 2100 g/mol. The van der Waals surface area contributed by atoms with Gasteiger partial charge in [-0.1, -0.05) is 117 Å². The van der Waals surface area contributed by atoms with Gasteiger partial charge in [-0.05, 0) is 464 Å². The zero-order valence-electron chi connectivity index (χ0n) is 94.6. The van der Waals surface area contributed by atoms with Crippen LogP contribution in [-0.2, 0) is 75.8 Å². The molecule has 18 saturated heterocycles. The van der Waals surface area contributed by atoms with Crippen LogP contribution in [0, 0.1) is 130 Å². The van der Waals surface area contributed by atoms with Crippen molar-refractivity contribution in [3.05, 3.63) is 0 Å². The fraction of sp³-hybridized carbons (Fsp3) is 0.992. The molecule has 37 fully saturated rings. The van der Waals surface area contributed by atoms with Gasteiger partial charge in [-0.3, -0.25) is 4.79 Å². The van der Waals surface area contributed by atoms with Crippen LogP contribution in [0.2, 0.25) is 0 Å². The predicted octanol–water partition coefficient (Wildman–Crippen LogP) is 27.8. The summed E-state index contributed by atoms with van der Waals surface area (Å²) in [5.74, 6) is 19.4. The van der Waals surface area contributed by atoms with E-state index in [2.05, 4.69) is 139 Å². The third-order valence-corrected chi connectivity index (χ3v) is 57.8. The maximum Gasteiger partial charge on any atom is 0.164 e. The lowest BCUT2D eigenvalue weighted by Crippen LogP contribution is -2.41. The lowest BCUT2D eigenvalue weighted by Gasteiger charge is -2.44. The van der Waals surface area contributed by atoms with Crippen molar-refractivity contribution in [3.8, 4) is 0 Å². The van der Waals surface area contributed by atoms with Gasteiger partial charge in [0.15, 0.2) is 5.78 Å². The van der Waals surface area contributed by atoms with Gasteiger partial charge in [-0.15, -0.1) is 35.3 Å². The molecule has 0 aromatic heterocycles. The molecule has 0 amide bonds. The Balaban J connectivity index is 0.0000000786. The van der Waals surface area contributed by atoms with Crippen LogP contribution >= 0.6 is 35.3 Å². The average Bonchev–Trinajstić information content (AvgIpc) is 1.50. The van der Waals surface area contributed by atoms with E-state index >= 15 is 0 Å². The number of rotatable bonds is 10. The van der Waals surface area contributed by atoms with Crippen molar-refractivity contribution in [1.82, 2.24) is 0 Å². The normalized spacial score (nSPS) is 61.5. The van der Waals surface area contributed by atoms with Gasteiger partial charge in [0.1, 0.15) is 6.10 Å². The van der Waals surface area contributed by atoms with E-state index in [0.29, 0.717) is 143 Å². The lowest BCUT2D eigenvalue weighted by atomic mass is 9.60. The highest BCUT2D eigenvalue weighted by atomic mass is 32.2. The molecule has 148 heavy (non-hydrogen) atoms. The molecule has 19 heteroatoms. The maximum atomic E-state index is 12.2. The summed E-state index contributed by atoms with van der Waals surface area (Å²) in [6.07, 6.45) is 86.2. The summed E-state index contributed by atoms with van der Waals surface area (Å²) in [6.45, 7) is 35.3. The number of carbonyl (C=O) groups is 1. The van der Waals surface area contributed by atoms with Gasteiger partial charge in [-0.2, -0.15) is 0 Å². The van der Waals surface area contributed by atoms with E-state index in [1.165, 1.54) is 334 Å². The number of fused-ring (bicyclic) bond motifs is 22. The van der Waals surface area contributed by atoms with Crippen LogP contribution < -0.4 is 0 Å². The monoisotopic (exact) mass is 2100 g/mol. The molecule has 55 unspecified atom stereocenters. The fourth-order valence-corrected chi connectivity index (χ4v) is 47.0. The first-order valence-corrected chi connectivity index (χ1v) is 67.4. The second kappa shape index (κ2) is 37.6. The van der Waals surface area contributed by atoms with Crippen molar-refractivity contribution in [2.24, 2.45) is 130 Å². The van der Waals surface area contributed by atoms with E-state index in [9.17, 15) is 4.79 Å². The van der Waals surface area contributed by atoms with Gasteiger partial charge < -0.3 is 71.1 Å². The number of thioether (sulfide) groups is 3. The molecule has 16 nitrogen and oxygen atoms in total. The van der Waals surface area contributed by atoms with Crippen molar-refractivity contribution in [2.75, 3.05) is 0 Å². The van der Waals surface area contributed by atoms with Crippen LogP contribution in [0.1, 0.15) is 457 Å². The largest absolute Gasteiger partial charge is 0.370 e. The van der Waals surface area contributed by atoms with Gasteiger partial charge in [0.25, 0.3) is 0 Å². The quantitative estimate of drug-likeness (QED) is 0.186. The molecule has 0 bridgehead atoms. The summed E-state index contributed by atoms with van der Waals surface area (Å²) in [5, 5.41) is 3.04. The Morgan fingerprint density at radius 2 is 0.784 bits per heavy atom. The number of hydrogen-bond donors (Lipinski definition) is 0. The molecule has 0 N–H and O–H groups in total. The van der Waals surface area contributed by atoms with Gasteiger partial charge >= 0.3 is 0 Å². The van der Waals surface area contributed by atoms with Gasteiger partial charge in [0, 0.05) is 36.4 Å². The topological polar surface area (TPSA) is 205 Å². The molecule has 37 rings (SSSR count). The number of epoxide rings is 15. The third kappa shape index (κ3) is 19.0. The standard InChI is InChI=1S/C16H24O3.C16H26O2.C16H26OS.C15H24O2.C14H20O2.C14H22O2.2C13H20OS.C12H18O2/c1-15-7-4-3-5-11(13(15)18-15)10-6-8-16(2)14(19-16)12(17)9-10;1-15-10-6-5-7-11(14(15)18-15)12-8-3-4-9-13-16(12,2)17-13;1-9(2)10-7-8-15(3)14(17-15)13(10)11-5-6-12-16(11,4)18-12;1-15-8-3-2-6-11(14(15)17-15)10-5-4-7-12-13(9-10)16-12;1-14-6-9-7(5-11(14)16-14)2-3-8-4-10-13(15-10)12(8)9;1-3-7-11-13(15-11)9(5-1)10-6-2-4-8-12-14(10)16-12;1-11-6-8(7-12(11,2)14-11)9-4-5-10-13(9,3)15-10;1-2-13-9(4-3-5-12(13)15-13)8-6-10-11(7-8)14-10;1-12-6-2-3-8(11(12)14-12)7-4-5-9-10(7)13-9/h10-11,13-14H,3-9H2,1-2H3;11-14H,3-10H2,1-2H3;9-14H,5-8H2,1-4H3;10-14H,2-9H2,1H3;7-13H,2-6H2,1H3;9-14H,1-8H2;8-10H,4-7H2,1-3H3;8-12H,2-7H2,1H3;7-11H,2-6H2,1H3. The fourth-order valence-electron chi connectivity index (χ4n) is 42.0. The van der Waals surface area contributed by atoms with Gasteiger partial charge in [-0.25, -0.2) is 0 Å². The smallest absolute Gasteiger partial charge is 0.164 e. The Morgan fingerprint density at radius 1 is 0.291 bits per heavy atom. The second-order valence-corrected chi connectivity index (χ2v) is 66.3. The number of ether oxygens (including phenoxy) is 15. The molecular weight excluding hydrogens is 1900 g/mol. The number of Topliss-reactive ketones (excluding diaryl/α,β-unsaturated/α-hetero) is 1. The molecule has 0 aromatic carbocycles. The van der Waals surface area contributed by atoms with Gasteiger partial charge in [0.05, 0.1) is 172 Å². The molecule has 830 valence electrons. The van der Waals surface area contributed by atoms with Crippen LogP contribution in [0.4, 0.5) is 0 Å². The Morgan fingerprint density at radius 3 is 1.42 bits per heavy atom. The molecule has 55 atom stereocenters. The number of ketones is 1. The maximum absolute atomic E-state index is 12.2. The number of carbonyl (C=O) groups excluding carboxylic acids is 1. The van der Waals surface area contributed by atoms with Crippen LogP contribution in [0.25, 0.3) is 0 Å². The minimum absolute atomic E-state index is 0.0882. The molecule has 18 heterocycles. The Bertz CT molecular complexity index is 4810. The Kier molecular flexibility index (Phi) is 26.2. The minimum Gasteiger partial charge on any atom is -0.370 e. The highest BCUT2D eigenvalue weighted by Crippen LogP contribution is 2.77. The molecule has 0 radical (unpaired) electrons. The van der Waals surface area contributed by atoms with E-state index in [4.69, 9.17) is 71.1 Å². The minimum atomic E-state index is -0.121. The third-order valence-electron chi connectivity index (χ3n) is 52.1. The van der Waals surface area contributed by atoms with Crippen LogP contribution in [0.5, 0.6) is 0 Å². The van der Waals surface area contributed by atoms with E-state index in [1.807, 2.05) is 0 Å². The first kappa shape index (κ1) is 103. The summed E-state index contributed by atoms with van der Waals surface area (Å²) < 4.78 is 90.3. The van der Waals surface area contributed by atoms with E-state index < -0.39 is 0 Å². The summed E-state index contributed by atoms with van der Waals surface area (Å²) in [7, 11) is 0. The van der Waals surface area contributed by atoms with Crippen molar-refractivity contribution in [2.45, 2.75) is 665 Å². The van der Waals surface area contributed by atoms with Gasteiger partial charge in [0.2, 0.25) is 0 Å². The van der Waals surface area contributed by atoms with Crippen molar-refractivity contribution < 1.29 is 75.8 Å². The second-order valence-electron chi connectivity index (χ2n) is 61.4. The molecule has 37 aliphatic rings. The van der Waals surface area contributed by atoms with Crippen molar-refractivity contribution in [1.29, 1.82) is 0 Å². The van der Waals surface area contributed by atoms with E-state index in [0.717, 1.165) is 158 Å². The molecular formula is C129H200O16S3. The van der Waals surface area contributed by atoms with E-state index in [-0.39, 0.29) is 62.1 Å². The highest BCUT2D eigenvalue weighted by Gasteiger charge is 2.77. The lowest BCUT2D eigenvalue weighted by molar-refractivity contribution is -0.121. The summed E-state index contributed by atoms with van der Waals surface area (Å²) in [4.78, 5) is 12.2. The van der Waals surface area contributed by atoms with Crippen molar-refractivity contribution in [3.63, 3.8) is 0 Å². The van der Waals surface area contributed by atoms with Crippen LogP contribution in [0.3, 0.4) is 0 Å². The molecule has 18 aliphatic heterocycles. The molecule has 0 spiro atoms. The zero-order valence-corrected chi connectivity index (χ0v) is 97.1. The molecule has 19 saturated carbocycles. The predicted molar refractivity (Wildman–Crippen MR) is 583 cm³/mol. The molecule has 0 aromatic rings. The Hall–Kier alpha value is 0.120. The van der Waals surface area contributed by atoms with Crippen molar-refractivity contribution >= 4 is 41.1 Å². The Labute approximate surface area is 906 Å². The molecule has 19 aliphatic carbocycles. The van der Waals surface area contributed by atoms with Crippen LogP contribution in [0.15, 0.2) is 0 Å². The summed E-state index contributed by atoms with van der Waals surface area (Å²) in [5.41, 5.74) is 2.04. The summed E-state index contributed by atoms with van der Waals surface area (Å²) >= 11 is 6.83. The first-order valence-electron chi connectivity index (χ1n) is 64.7. The van der Waals surface area contributed by atoms with E-state index in [1.54, 1.807) is 0 Å². The highest BCUT2D eigenvalue weighted by molar-refractivity contribution is 8.09. The summed E-state index contributed by atoms with van der Waals surface area (Å²) in [6, 6.07) is 0.